The van der Waals surface area contributed by atoms with Crippen LogP contribution in [-0.4, -0.2) is 14.9 Å². The molecule has 2 rings (SSSR count). The number of benzene rings is 1. The molecule has 1 aromatic carbocycles. The van der Waals surface area contributed by atoms with Gasteiger partial charge in [-0.3, -0.25) is 4.79 Å². The van der Waals surface area contributed by atoms with Gasteiger partial charge in [0.25, 0.3) is 5.56 Å². The van der Waals surface area contributed by atoms with E-state index in [-0.39, 0.29) is 12.2 Å². The van der Waals surface area contributed by atoms with Gasteiger partial charge < -0.3 is 5.11 Å². The standard InChI is InChI=1S/C12H12N2O2/c15-9-11-6-12(16)14(13-7-11)8-10-4-2-1-3-5-10/h1-7,15H,8-9H2. The second kappa shape index (κ2) is 4.72. The van der Waals surface area contributed by atoms with Gasteiger partial charge in [0.2, 0.25) is 0 Å². The Balaban J connectivity index is 2.26. The molecule has 0 spiro atoms. The van der Waals surface area contributed by atoms with Crippen LogP contribution in [-0.2, 0) is 13.2 Å². The maximum Gasteiger partial charge on any atom is 0.267 e. The van der Waals surface area contributed by atoms with Crippen molar-refractivity contribution in [1.29, 1.82) is 0 Å². The molecule has 0 radical (unpaired) electrons. The summed E-state index contributed by atoms with van der Waals surface area (Å²) in [6.07, 6.45) is 1.50. The lowest BCUT2D eigenvalue weighted by Crippen LogP contribution is -2.23. The van der Waals surface area contributed by atoms with Crippen molar-refractivity contribution < 1.29 is 5.11 Å². The van der Waals surface area contributed by atoms with Crippen LogP contribution in [0.1, 0.15) is 11.1 Å². The summed E-state index contributed by atoms with van der Waals surface area (Å²) >= 11 is 0. The van der Waals surface area contributed by atoms with E-state index in [2.05, 4.69) is 5.10 Å². The van der Waals surface area contributed by atoms with Crippen molar-refractivity contribution in [1.82, 2.24) is 9.78 Å². The van der Waals surface area contributed by atoms with Crippen molar-refractivity contribution >= 4 is 0 Å². The Morgan fingerprint density at radius 1 is 1.19 bits per heavy atom. The van der Waals surface area contributed by atoms with Crippen LogP contribution in [0.4, 0.5) is 0 Å². The number of aromatic nitrogens is 2. The van der Waals surface area contributed by atoms with Crippen molar-refractivity contribution in [2.24, 2.45) is 0 Å². The molecule has 1 N–H and O–H groups in total. The van der Waals surface area contributed by atoms with E-state index in [9.17, 15) is 4.79 Å². The normalized spacial score (nSPS) is 10.3. The summed E-state index contributed by atoms with van der Waals surface area (Å²) in [6.45, 7) is 0.291. The number of aliphatic hydroxyl groups is 1. The fourth-order valence-electron chi connectivity index (χ4n) is 1.43. The van der Waals surface area contributed by atoms with Crippen molar-refractivity contribution in [2.75, 3.05) is 0 Å². The summed E-state index contributed by atoms with van der Waals surface area (Å²) in [5, 5.41) is 12.8. The Kier molecular flexibility index (Phi) is 3.12. The Labute approximate surface area is 92.8 Å². The lowest BCUT2D eigenvalue weighted by molar-refractivity contribution is 0.280. The Morgan fingerprint density at radius 3 is 2.56 bits per heavy atom. The second-order valence-electron chi connectivity index (χ2n) is 3.50. The number of hydrogen-bond donors (Lipinski definition) is 1. The molecule has 4 nitrogen and oxygen atoms in total. The van der Waals surface area contributed by atoms with Gasteiger partial charge in [-0.25, -0.2) is 4.68 Å². The zero-order valence-corrected chi connectivity index (χ0v) is 8.71. The van der Waals surface area contributed by atoms with Gasteiger partial charge in [-0.05, 0) is 5.56 Å². The van der Waals surface area contributed by atoms with Crippen molar-refractivity contribution in [3.8, 4) is 0 Å². The first kappa shape index (κ1) is 10.6. The van der Waals surface area contributed by atoms with Crippen LogP contribution in [0.2, 0.25) is 0 Å². The number of aliphatic hydroxyl groups excluding tert-OH is 1. The van der Waals surface area contributed by atoms with Crippen LogP contribution in [0.3, 0.4) is 0 Å². The van der Waals surface area contributed by atoms with Gasteiger partial charge >= 0.3 is 0 Å². The lowest BCUT2D eigenvalue weighted by Gasteiger charge is -2.04. The predicted molar refractivity (Wildman–Crippen MR) is 60.0 cm³/mol. The summed E-state index contributed by atoms with van der Waals surface area (Å²) in [7, 11) is 0. The fraction of sp³-hybridized carbons (Fsp3) is 0.167. The van der Waals surface area contributed by atoms with Crippen LogP contribution in [0, 0.1) is 0 Å². The van der Waals surface area contributed by atoms with E-state index in [0.29, 0.717) is 12.1 Å². The second-order valence-corrected chi connectivity index (χ2v) is 3.50. The molecule has 1 aromatic heterocycles. The highest BCUT2D eigenvalue weighted by Gasteiger charge is 2.00. The van der Waals surface area contributed by atoms with Crippen LogP contribution in [0.5, 0.6) is 0 Å². The predicted octanol–water partition coefficient (Wildman–Crippen LogP) is 0.784. The van der Waals surface area contributed by atoms with E-state index in [1.807, 2.05) is 30.3 Å². The highest BCUT2D eigenvalue weighted by molar-refractivity contribution is 5.15. The summed E-state index contributed by atoms with van der Waals surface area (Å²) in [5.41, 5.74) is 1.36. The molecule has 0 saturated heterocycles. The van der Waals surface area contributed by atoms with Gasteiger partial charge in [-0.2, -0.15) is 5.10 Å². The molecular weight excluding hydrogens is 204 g/mol. The van der Waals surface area contributed by atoms with Crippen molar-refractivity contribution in [3.63, 3.8) is 0 Å². The quantitative estimate of drug-likeness (QED) is 0.825. The molecule has 0 aliphatic heterocycles. The molecule has 2 aromatic rings. The Hall–Kier alpha value is -1.94. The molecule has 0 atom stereocenters. The highest BCUT2D eigenvalue weighted by Crippen LogP contribution is 1.99. The topological polar surface area (TPSA) is 55.1 Å². The molecule has 4 heteroatoms. The van der Waals surface area contributed by atoms with E-state index in [1.54, 1.807) is 0 Å². The summed E-state index contributed by atoms with van der Waals surface area (Å²) < 4.78 is 1.37. The zero-order chi connectivity index (χ0) is 11.4. The maximum absolute atomic E-state index is 11.6. The first-order valence-corrected chi connectivity index (χ1v) is 5.00. The van der Waals surface area contributed by atoms with Gasteiger partial charge in [-0.15, -0.1) is 0 Å². The molecule has 0 aliphatic carbocycles. The average molecular weight is 216 g/mol. The fourth-order valence-corrected chi connectivity index (χ4v) is 1.43. The van der Waals surface area contributed by atoms with Crippen LogP contribution < -0.4 is 5.56 Å². The maximum atomic E-state index is 11.6. The van der Waals surface area contributed by atoms with Crippen LogP contribution in [0.25, 0.3) is 0 Å². The van der Waals surface area contributed by atoms with Crippen molar-refractivity contribution in [2.45, 2.75) is 13.2 Å². The average Bonchev–Trinajstić information content (AvgIpc) is 2.33. The largest absolute Gasteiger partial charge is 0.392 e. The molecule has 0 saturated carbocycles. The Bertz CT molecular complexity index is 520. The van der Waals surface area contributed by atoms with E-state index < -0.39 is 0 Å². The third-order valence-electron chi connectivity index (χ3n) is 2.28. The highest BCUT2D eigenvalue weighted by atomic mass is 16.3. The lowest BCUT2D eigenvalue weighted by atomic mass is 10.2. The third kappa shape index (κ3) is 2.35. The van der Waals surface area contributed by atoms with Crippen molar-refractivity contribution in [3.05, 3.63) is 64.1 Å². The summed E-state index contributed by atoms with van der Waals surface area (Å²) in [6, 6.07) is 11.0. The Morgan fingerprint density at radius 2 is 1.94 bits per heavy atom. The van der Waals surface area contributed by atoms with Gasteiger partial charge in [-0.1, -0.05) is 30.3 Å². The van der Waals surface area contributed by atoms with Crippen LogP contribution in [0.15, 0.2) is 47.4 Å². The van der Waals surface area contributed by atoms with Gasteiger partial charge in [0.1, 0.15) is 0 Å². The minimum atomic E-state index is -0.199. The summed E-state index contributed by atoms with van der Waals surface area (Å²) in [4.78, 5) is 11.6. The number of rotatable bonds is 3. The van der Waals surface area contributed by atoms with Gasteiger partial charge in [0.05, 0.1) is 19.3 Å². The molecule has 16 heavy (non-hydrogen) atoms. The monoisotopic (exact) mass is 216 g/mol. The molecule has 0 aliphatic rings. The molecule has 1 heterocycles. The first-order chi connectivity index (χ1) is 7.79. The minimum Gasteiger partial charge on any atom is -0.392 e. The first-order valence-electron chi connectivity index (χ1n) is 5.00. The SMILES string of the molecule is O=c1cc(CO)cnn1Cc1ccccc1. The number of hydrogen-bond acceptors (Lipinski definition) is 3. The van der Waals surface area contributed by atoms with E-state index in [1.165, 1.54) is 16.9 Å². The minimum absolute atomic E-state index is 0.158. The van der Waals surface area contributed by atoms with Gasteiger partial charge in [0, 0.05) is 11.6 Å². The molecule has 0 bridgehead atoms. The molecule has 0 fully saturated rings. The summed E-state index contributed by atoms with van der Waals surface area (Å²) in [5.74, 6) is 0. The molecule has 0 amide bonds. The van der Waals surface area contributed by atoms with Gasteiger partial charge in [0.15, 0.2) is 0 Å². The van der Waals surface area contributed by atoms with E-state index >= 15 is 0 Å². The number of nitrogens with zero attached hydrogens (tertiary/aromatic N) is 2. The zero-order valence-electron chi connectivity index (χ0n) is 8.71. The van der Waals surface area contributed by atoms with E-state index in [4.69, 9.17) is 5.11 Å². The molecule has 0 unspecified atom stereocenters. The molecule has 82 valence electrons. The molecular formula is C12H12N2O2. The smallest absolute Gasteiger partial charge is 0.267 e. The van der Waals surface area contributed by atoms with E-state index in [0.717, 1.165) is 5.56 Å². The van der Waals surface area contributed by atoms with Crippen LogP contribution >= 0.6 is 0 Å². The third-order valence-corrected chi connectivity index (χ3v) is 2.28.